The van der Waals surface area contributed by atoms with Crippen LogP contribution >= 0.6 is 11.8 Å². The first-order valence-electron chi connectivity index (χ1n) is 12.4. The van der Waals surface area contributed by atoms with E-state index in [9.17, 15) is 19.2 Å². The number of thioether (sulfide) groups is 1. The summed E-state index contributed by atoms with van der Waals surface area (Å²) in [6, 6.07) is 18.2. The molecular formula is C28H33N3O5S. The zero-order chi connectivity index (χ0) is 26.8. The smallest absolute Gasteiger partial charge is 0.327 e. The molecule has 0 spiro atoms. The van der Waals surface area contributed by atoms with E-state index in [0.29, 0.717) is 18.6 Å². The molecule has 0 aliphatic carbocycles. The zero-order valence-corrected chi connectivity index (χ0v) is 22.2. The van der Waals surface area contributed by atoms with Gasteiger partial charge in [-0.15, -0.1) is 0 Å². The summed E-state index contributed by atoms with van der Waals surface area (Å²) in [5.41, 5.74) is 2.46. The van der Waals surface area contributed by atoms with Crippen molar-refractivity contribution >= 4 is 40.4 Å². The van der Waals surface area contributed by atoms with Gasteiger partial charge in [0.15, 0.2) is 5.12 Å². The van der Waals surface area contributed by atoms with Crippen molar-refractivity contribution in [2.75, 3.05) is 18.9 Å². The summed E-state index contributed by atoms with van der Waals surface area (Å²) in [6.07, 6.45) is 0.755. The van der Waals surface area contributed by atoms with E-state index < -0.39 is 23.8 Å². The molecule has 196 valence electrons. The molecule has 0 unspecified atom stereocenters. The highest BCUT2D eigenvalue weighted by Gasteiger charge is 2.34. The second kappa shape index (κ2) is 13.7. The summed E-state index contributed by atoms with van der Waals surface area (Å²) in [5.74, 6) is -1.80. The summed E-state index contributed by atoms with van der Waals surface area (Å²) in [6.45, 7) is 4.94. The summed E-state index contributed by atoms with van der Waals surface area (Å²) in [5, 5.41) is 8.42. The maximum Gasteiger partial charge on any atom is 0.327 e. The van der Waals surface area contributed by atoms with E-state index in [1.54, 1.807) is 6.92 Å². The molecule has 3 atom stereocenters. The van der Waals surface area contributed by atoms with E-state index in [-0.39, 0.29) is 35.8 Å². The molecule has 1 N–H and O–H groups in total. The molecule has 0 saturated heterocycles. The number of carbonyl (C=O) groups is 4. The van der Waals surface area contributed by atoms with Gasteiger partial charge in [0.05, 0.1) is 18.2 Å². The largest absolute Gasteiger partial charge is 0.465 e. The van der Waals surface area contributed by atoms with E-state index in [1.807, 2.05) is 67.6 Å². The van der Waals surface area contributed by atoms with E-state index >= 15 is 0 Å². The topological polar surface area (TPSA) is 105 Å². The Balaban J connectivity index is 1.84. The Labute approximate surface area is 221 Å². The highest BCUT2D eigenvalue weighted by atomic mass is 32.2. The third kappa shape index (κ3) is 8.01. The van der Waals surface area contributed by atoms with Crippen molar-refractivity contribution in [3.8, 4) is 0 Å². The van der Waals surface area contributed by atoms with Crippen LogP contribution in [-0.4, -0.2) is 58.6 Å². The maximum absolute atomic E-state index is 13.5. The molecule has 37 heavy (non-hydrogen) atoms. The van der Waals surface area contributed by atoms with Crippen molar-refractivity contribution in [2.24, 2.45) is 11.0 Å². The minimum absolute atomic E-state index is 0.0786. The molecule has 1 aliphatic rings. The fraction of sp³-hybridized carbons (Fsp3) is 0.393. The van der Waals surface area contributed by atoms with Crippen LogP contribution in [0.5, 0.6) is 0 Å². The molecule has 0 radical (unpaired) electrons. The first-order valence-corrected chi connectivity index (χ1v) is 13.4. The fourth-order valence-corrected chi connectivity index (χ4v) is 5.01. The Bertz CT molecular complexity index is 1120. The molecule has 2 amide bonds. The molecule has 1 heterocycles. The summed E-state index contributed by atoms with van der Waals surface area (Å²) in [7, 11) is 0. The average molecular weight is 524 g/mol. The van der Waals surface area contributed by atoms with Gasteiger partial charge < -0.3 is 10.1 Å². The molecule has 0 fully saturated rings. The van der Waals surface area contributed by atoms with Crippen molar-refractivity contribution in [3.05, 3.63) is 71.8 Å². The fourth-order valence-electron chi connectivity index (χ4n) is 4.16. The number of nitrogens with one attached hydrogen (secondary N) is 1. The molecule has 9 heteroatoms. The van der Waals surface area contributed by atoms with Crippen molar-refractivity contribution in [3.63, 3.8) is 0 Å². The second-order valence-corrected chi connectivity index (χ2v) is 10.0. The van der Waals surface area contributed by atoms with Gasteiger partial charge in [0.1, 0.15) is 12.6 Å². The Hall–Kier alpha value is -3.46. The Kier molecular flexibility index (Phi) is 10.4. The lowest BCUT2D eigenvalue weighted by Gasteiger charge is -2.26. The number of carbonyl (C=O) groups excluding carboxylic acids is 4. The zero-order valence-electron chi connectivity index (χ0n) is 21.4. The van der Waals surface area contributed by atoms with Gasteiger partial charge in [0.25, 0.3) is 5.91 Å². The Morgan fingerprint density at radius 1 is 1.11 bits per heavy atom. The summed E-state index contributed by atoms with van der Waals surface area (Å²) < 4.78 is 5.04. The Morgan fingerprint density at radius 2 is 1.76 bits per heavy atom. The monoisotopic (exact) mass is 523 g/mol. The third-order valence-electron chi connectivity index (χ3n) is 6.20. The molecule has 1 aliphatic heterocycles. The van der Waals surface area contributed by atoms with Crippen molar-refractivity contribution in [1.82, 2.24) is 10.3 Å². The predicted octanol–water partition coefficient (Wildman–Crippen LogP) is 3.76. The SMILES string of the molecule is CCOC(=O)CN1N=C(c2ccccc2)CC[C@H](NC(=O)[C@@H](CSC(C)=O)[C@@H](C)c2ccccc2)C1=O. The average Bonchev–Trinajstić information content (AvgIpc) is 3.04. The molecule has 3 rings (SSSR count). The van der Waals surface area contributed by atoms with Crippen molar-refractivity contribution < 1.29 is 23.9 Å². The lowest BCUT2D eigenvalue weighted by Crippen LogP contribution is -2.50. The number of benzene rings is 2. The van der Waals surface area contributed by atoms with E-state index in [4.69, 9.17) is 4.74 Å². The number of ether oxygens (including phenoxy) is 1. The number of esters is 1. The molecule has 0 saturated carbocycles. The second-order valence-electron chi connectivity index (χ2n) is 8.82. The van der Waals surface area contributed by atoms with Crippen LogP contribution in [0.15, 0.2) is 65.8 Å². The van der Waals surface area contributed by atoms with E-state index in [1.165, 1.54) is 6.92 Å². The van der Waals surface area contributed by atoms with Crippen LogP contribution in [0.4, 0.5) is 0 Å². The van der Waals surface area contributed by atoms with Crippen molar-refractivity contribution in [2.45, 2.75) is 45.6 Å². The van der Waals surface area contributed by atoms with Crippen LogP contribution in [0.2, 0.25) is 0 Å². The molecule has 8 nitrogen and oxygen atoms in total. The van der Waals surface area contributed by atoms with E-state index in [0.717, 1.165) is 27.9 Å². The summed E-state index contributed by atoms with van der Waals surface area (Å²) >= 11 is 1.09. The number of hydrogen-bond donors (Lipinski definition) is 1. The van der Waals surface area contributed by atoms with Crippen LogP contribution in [0, 0.1) is 5.92 Å². The predicted molar refractivity (Wildman–Crippen MR) is 144 cm³/mol. The first kappa shape index (κ1) is 28.1. The van der Waals surface area contributed by atoms with Crippen molar-refractivity contribution in [1.29, 1.82) is 0 Å². The van der Waals surface area contributed by atoms with Gasteiger partial charge in [-0.25, -0.2) is 5.01 Å². The maximum atomic E-state index is 13.5. The number of hydrogen-bond acceptors (Lipinski definition) is 7. The molecule has 2 aromatic rings. The van der Waals surface area contributed by atoms with Crippen LogP contribution in [0.3, 0.4) is 0 Å². The quantitative estimate of drug-likeness (QED) is 0.476. The lowest BCUT2D eigenvalue weighted by molar-refractivity contribution is -0.149. The number of hydrazone groups is 1. The minimum atomic E-state index is -0.875. The highest BCUT2D eigenvalue weighted by molar-refractivity contribution is 8.13. The highest BCUT2D eigenvalue weighted by Crippen LogP contribution is 2.28. The summed E-state index contributed by atoms with van der Waals surface area (Å²) in [4.78, 5) is 50.9. The van der Waals surface area contributed by atoms with Crippen LogP contribution in [0.25, 0.3) is 0 Å². The van der Waals surface area contributed by atoms with Crippen LogP contribution in [0.1, 0.15) is 50.7 Å². The van der Waals surface area contributed by atoms with Gasteiger partial charge >= 0.3 is 5.97 Å². The number of rotatable bonds is 10. The van der Waals surface area contributed by atoms with Crippen LogP contribution < -0.4 is 5.32 Å². The van der Waals surface area contributed by atoms with Gasteiger partial charge in [0.2, 0.25) is 5.91 Å². The molecule has 0 aromatic heterocycles. The third-order valence-corrected chi connectivity index (χ3v) is 7.14. The van der Waals surface area contributed by atoms with Gasteiger partial charge in [-0.2, -0.15) is 5.10 Å². The van der Waals surface area contributed by atoms with Gasteiger partial charge in [-0.05, 0) is 36.8 Å². The van der Waals surface area contributed by atoms with E-state index in [2.05, 4.69) is 10.4 Å². The Morgan fingerprint density at radius 3 is 2.38 bits per heavy atom. The minimum Gasteiger partial charge on any atom is -0.465 e. The molecule has 2 aromatic carbocycles. The van der Waals surface area contributed by atoms with Gasteiger partial charge in [-0.1, -0.05) is 79.3 Å². The van der Waals surface area contributed by atoms with Gasteiger partial charge in [-0.3, -0.25) is 19.2 Å². The van der Waals surface area contributed by atoms with Gasteiger partial charge in [0, 0.05) is 12.7 Å². The number of nitrogens with zero attached hydrogens (tertiary/aromatic N) is 2. The normalized spacial score (nSPS) is 17.3. The standard InChI is InChI=1S/C28H33N3O5S/c1-4-36-26(33)17-31-28(35)25(16-15-24(30-31)22-13-9-6-10-14-22)29-27(34)23(18-37-20(3)32)19(2)21-11-7-5-8-12-21/h5-14,19,23,25H,4,15-18H2,1-3H3,(H,29,34)/t19-,23-,25-/m0/s1. The molecular weight excluding hydrogens is 490 g/mol. The molecule has 0 bridgehead atoms. The first-order chi connectivity index (χ1) is 17.8. The van der Waals surface area contributed by atoms with Crippen LogP contribution in [-0.2, 0) is 23.9 Å². The number of amides is 2. The lowest BCUT2D eigenvalue weighted by atomic mass is 9.88.